The van der Waals surface area contributed by atoms with Crippen LogP contribution in [0.1, 0.15) is 21.5 Å². The van der Waals surface area contributed by atoms with Crippen LogP contribution in [0, 0.1) is 6.92 Å². The van der Waals surface area contributed by atoms with Crippen LogP contribution < -0.4 is 0 Å². The summed E-state index contributed by atoms with van der Waals surface area (Å²) in [5, 5.41) is 0. The van der Waals surface area contributed by atoms with E-state index in [2.05, 4.69) is 4.98 Å². The number of amides is 2. The molecule has 1 aliphatic rings. The quantitative estimate of drug-likeness (QED) is 0.809. The van der Waals surface area contributed by atoms with Gasteiger partial charge < -0.3 is 9.80 Å². The summed E-state index contributed by atoms with van der Waals surface area (Å²) in [6.45, 7) is 4.20. The molecule has 2 heterocycles. The molecule has 0 unspecified atom stereocenters. The number of hydrogen-bond acceptors (Lipinski definition) is 3. The van der Waals surface area contributed by atoms with Crippen LogP contribution in [0.5, 0.6) is 0 Å². The smallest absolute Gasteiger partial charge is 0.255 e. The maximum absolute atomic E-state index is 12.4. The van der Waals surface area contributed by atoms with E-state index in [4.69, 9.17) is 0 Å². The number of benzene rings is 1. The molecule has 2 amide bonds. The lowest BCUT2D eigenvalue weighted by Gasteiger charge is -2.34. The second-order valence-corrected chi connectivity index (χ2v) is 6.10. The number of rotatable bonds is 3. The fourth-order valence-electron chi connectivity index (χ4n) is 2.75. The van der Waals surface area contributed by atoms with Crippen molar-refractivity contribution in [1.82, 2.24) is 14.8 Å². The molecule has 0 spiro atoms. The highest BCUT2D eigenvalue weighted by Crippen LogP contribution is 2.10. The van der Waals surface area contributed by atoms with E-state index in [0.29, 0.717) is 31.7 Å². The molecule has 0 bridgehead atoms. The molecule has 1 fully saturated rings. The average Bonchev–Trinajstić information content (AvgIpc) is 2.67. The first-order valence-electron chi connectivity index (χ1n) is 8.36. The Hall–Kier alpha value is -2.95. The number of piperazine rings is 1. The number of carbonyl (C=O) groups is 2. The molecular formula is C20H21N3O2. The summed E-state index contributed by atoms with van der Waals surface area (Å²) in [7, 11) is 0. The molecule has 1 saturated heterocycles. The zero-order valence-electron chi connectivity index (χ0n) is 14.3. The summed E-state index contributed by atoms with van der Waals surface area (Å²) in [5.41, 5.74) is 2.78. The van der Waals surface area contributed by atoms with E-state index in [-0.39, 0.29) is 11.8 Å². The number of hydrogen-bond donors (Lipinski definition) is 0. The zero-order chi connectivity index (χ0) is 17.6. The molecule has 0 radical (unpaired) electrons. The van der Waals surface area contributed by atoms with E-state index in [0.717, 1.165) is 5.56 Å². The van der Waals surface area contributed by atoms with Gasteiger partial charge in [0.1, 0.15) is 0 Å². The molecule has 1 aromatic carbocycles. The monoisotopic (exact) mass is 335 g/mol. The molecule has 0 atom stereocenters. The second kappa shape index (κ2) is 7.75. The standard InChI is InChI=1S/C20H21N3O2/c1-16-4-6-17(7-5-16)8-9-19(24)22-11-13-23(14-12-22)20(25)18-3-2-10-21-15-18/h2-10,15H,11-14H2,1H3/b9-8+. The van der Waals surface area contributed by atoms with Crippen LogP contribution in [0.4, 0.5) is 0 Å². The normalized spacial score (nSPS) is 14.8. The predicted molar refractivity (Wildman–Crippen MR) is 96.9 cm³/mol. The van der Waals surface area contributed by atoms with Crippen molar-refractivity contribution in [1.29, 1.82) is 0 Å². The Morgan fingerprint density at radius 3 is 2.32 bits per heavy atom. The van der Waals surface area contributed by atoms with Gasteiger partial charge in [-0.05, 0) is 30.7 Å². The number of nitrogens with zero attached hydrogens (tertiary/aromatic N) is 3. The van der Waals surface area contributed by atoms with Crippen molar-refractivity contribution in [2.75, 3.05) is 26.2 Å². The van der Waals surface area contributed by atoms with E-state index in [1.807, 2.05) is 37.3 Å². The number of carbonyl (C=O) groups excluding carboxylic acids is 2. The molecule has 1 aliphatic heterocycles. The molecule has 1 aromatic heterocycles. The minimum Gasteiger partial charge on any atom is -0.336 e. The van der Waals surface area contributed by atoms with Crippen molar-refractivity contribution in [2.24, 2.45) is 0 Å². The lowest BCUT2D eigenvalue weighted by atomic mass is 10.1. The van der Waals surface area contributed by atoms with Crippen LogP contribution in [0.25, 0.3) is 6.08 Å². The Labute approximate surface area is 147 Å². The third kappa shape index (κ3) is 4.32. The van der Waals surface area contributed by atoms with E-state index in [9.17, 15) is 9.59 Å². The molecule has 128 valence electrons. The van der Waals surface area contributed by atoms with E-state index in [1.54, 1.807) is 40.4 Å². The summed E-state index contributed by atoms with van der Waals surface area (Å²) in [5.74, 6) is -0.0514. The maximum atomic E-state index is 12.4. The van der Waals surface area contributed by atoms with Gasteiger partial charge in [0.25, 0.3) is 5.91 Å². The van der Waals surface area contributed by atoms with Gasteiger partial charge in [0.15, 0.2) is 0 Å². The number of pyridine rings is 1. The summed E-state index contributed by atoms with van der Waals surface area (Å²) >= 11 is 0. The first-order valence-corrected chi connectivity index (χ1v) is 8.36. The van der Waals surface area contributed by atoms with Crippen molar-refractivity contribution >= 4 is 17.9 Å². The first kappa shape index (κ1) is 16.9. The minimum atomic E-state index is -0.0320. The van der Waals surface area contributed by atoms with Crippen LogP contribution in [0.2, 0.25) is 0 Å². The Balaban J connectivity index is 1.54. The summed E-state index contributed by atoms with van der Waals surface area (Å²) in [6, 6.07) is 11.5. The fourth-order valence-corrected chi connectivity index (χ4v) is 2.75. The van der Waals surface area contributed by atoms with Gasteiger partial charge in [0, 0.05) is 44.6 Å². The average molecular weight is 335 g/mol. The lowest BCUT2D eigenvalue weighted by Crippen LogP contribution is -2.50. The van der Waals surface area contributed by atoms with Gasteiger partial charge in [-0.1, -0.05) is 29.8 Å². The van der Waals surface area contributed by atoms with Crippen LogP contribution in [-0.4, -0.2) is 52.8 Å². The summed E-state index contributed by atoms with van der Waals surface area (Å²) in [4.78, 5) is 32.2. The van der Waals surface area contributed by atoms with Crippen molar-refractivity contribution in [3.8, 4) is 0 Å². The van der Waals surface area contributed by atoms with Crippen LogP contribution in [-0.2, 0) is 4.79 Å². The Bertz CT molecular complexity index is 761. The largest absolute Gasteiger partial charge is 0.336 e. The van der Waals surface area contributed by atoms with Gasteiger partial charge in [-0.3, -0.25) is 14.6 Å². The van der Waals surface area contributed by atoms with Crippen LogP contribution >= 0.6 is 0 Å². The topological polar surface area (TPSA) is 53.5 Å². The van der Waals surface area contributed by atoms with Crippen LogP contribution in [0.3, 0.4) is 0 Å². The molecule has 5 heteroatoms. The Morgan fingerprint density at radius 2 is 1.68 bits per heavy atom. The molecule has 0 N–H and O–H groups in total. The van der Waals surface area contributed by atoms with Crippen molar-refractivity contribution in [3.05, 3.63) is 71.6 Å². The highest BCUT2D eigenvalue weighted by Gasteiger charge is 2.23. The highest BCUT2D eigenvalue weighted by atomic mass is 16.2. The van der Waals surface area contributed by atoms with Gasteiger partial charge >= 0.3 is 0 Å². The number of aryl methyl sites for hydroxylation is 1. The molecular weight excluding hydrogens is 314 g/mol. The SMILES string of the molecule is Cc1ccc(/C=C/C(=O)N2CCN(C(=O)c3cccnc3)CC2)cc1. The number of aromatic nitrogens is 1. The molecule has 25 heavy (non-hydrogen) atoms. The predicted octanol–water partition coefficient (Wildman–Crippen LogP) is 2.39. The Kier molecular flexibility index (Phi) is 5.23. The molecule has 5 nitrogen and oxygen atoms in total. The second-order valence-electron chi connectivity index (χ2n) is 6.10. The van der Waals surface area contributed by atoms with Crippen molar-refractivity contribution in [2.45, 2.75) is 6.92 Å². The Morgan fingerprint density at radius 1 is 1.00 bits per heavy atom. The van der Waals surface area contributed by atoms with Gasteiger partial charge in [0.05, 0.1) is 5.56 Å². The molecule has 3 rings (SSSR count). The van der Waals surface area contributed by atoms with E-state index >= 15 is 0 Å². The van der Waals surface area contributed by atoms with Crippen molar-refractivity contribution in [3.63, 3.8) is 0 Å². The van der Waals surface area contributed by atoms with Gasteiger partial charge in [-0.15, -0.1) is 0 Å². The third-order valence-corrected chi connectivity index (χ3v) is 4.28. The molecule has 0 saturated carbocycles. The lowest BCUT2D eigenvalue weighted by molar-refractivity contribution is -0.127. The van der Waals surface area contributed by atoms with Gasteiger partial charge in [-0.2, -0.15) is 0 Å². The minimum absolute atomic E-state index is 0.0194. The maximum Gasteiger partial charge on any atom is 0.255 e. The zero-order valence-corrected chi connectivity index (χ0v) is 14.3. The molecule has 0 aliphatic carbocycles. The third-order valence-electron chi connectivity index (χ3n) is 4.28. The van der Waals surface area contributed by atoms with Gasteiger partial charge in [-0.25, -0.2) is 0 Å². The van der Waals surface area contributed by atoms with E-state index in [1.165, 1.54) is 5.56 Å². The molecule has 2 aromatic rings. The fraction of sp³-hybridized carbons (Fsp3) is 0.250. The van der Waals surface area contributed by atoms with Gasteiger partial charge in [0.2, 0.25) is 5.91 Å². The summed E-state index contributed by atoms with van der Waals surface area (Å²) in [6.07, 6.45) is 6.65. The van der Waals surface area contributed by atoms with Crippen LogP contribution in [0.15, 0.2) is 54.9 Å². The highest BCUT2D eigenvalue weighted by molar-refractivity contribution is 5.94. The van der Waals surface area contributed by atoms with E-state index < -0.39 is 0 Å². The summed E-state index contributed by atoms with van der Waals surface area (Å²) < 4.78 is 0. The first-order chi connectivity index (χ1) is 12.1. The van der Waals surface area contributed by atoms with Crippen molar-refractivity contribution < 1.29 is 9.59 Å².